The summed E-state index contributed by atoms with van der Waals surface area (Å²) in [6, 6.07) is 34.8. The predicted molar refractivity (Wildman–Crippen MR) is 254 cm³/mol. The highest BCUT2D eigenvalue weighted by Crippen LogP contribution is 2.32. The Morgan fingerprint density at radius 1 is 0.714 bits per heavy atom. The van der Waals surface area contributed by atoms with E-state index in [9.17, 15) is 22.8 Å². The minimum absolute atomic E-state index is 0.0915. The van der Waals surface area contributed by atoms with Gasteiger partial charge in [-0.2, -0.15) is 0 Å². The number of nitrogens with one attached hydrogen (secondary N) is 4. The summed E-state index contributed by atoms with van der Waals surface area (Å²) in [4.78, 5) is 41.2. The molecule has 0 saturated heterocycles. The molecular formula is C52H63N5O5S. The van der Waals surface area contributed by atoms with Crippen LogP contribution in [0, 0.1) is 32.6 Å². The number of hydrogen-bond donors (Lipinski definition) is 4. The summed E-state index contributed by atoms with van der Waals surface area (Å²) in [7, 11) is -2.40. The van der Waals surface area contributed by atoms with Crippen LogP contribution in [0.1, 0.15) is 79.3 Å². The average Bonchev–Trinajstić information content (AvgIpc) is 3.63. The molecule has 1 heterocycles. The summed E-state index contributed by atoms with van der Waals surface area (Å²) >= 11 is 0. The maximum atomic E-state index is 14.7. The van der Waals surface area contributed by atoms with Gasteiger partial charge >= 0.3 is 0 Å². The van der Waals surface area contributed by atoms with Crippen LogP contribution in [0.3, 0.4) is 0 Å². The molecule has 0 spiro atoms. The molecule has 6 aromatic rings. The lowest BCUT2D eigenvalue weighted by Crippen LogP contribution is -2.44. The molecule has 0 radical (unpaired) electrons. The number of unbranched alkanes of at least 4 members (excludes halogenated alkanes) is 1. The van der Waals surface area contributed by atoms with Gasteiger partial charge in [-0.15, -0.1) is 0 Å². The van der Waals surface area contributed by atoms with Crippen LogP contribution in [0.25, 0.3) is 21.7 Å². The number of aromatic nitrogens is 1. The van der Waals surface area contributed by atoms with Crippen LogP contribution in [-0.2, 0) is 43.8 Å². The molecule has 0 aliphatic carbocycles. The van der Waals surface area contributed by atoms with Crippen molar-refractivity contribution in [2.75, 3.05) is 13.6 Å². The maximum Gasteiger partial charge on any atom is 0.268 e. The number of hydrogen-bond acceptors (Lipinski definition) is 6. The van der Waals surface area contributed by atoms with E-state index in [0.717, 1.165) is 53.2 Å². The molecule has 6 rings (SSSR count). The van der Waals surface area contributed by atoms with E-state index in [1.54, 1.807) is 19.3 Å². The van der Waals surface area contributed by atoms with Gasteiger partial charge in [-0.3, -0.25) is 14.4 Å². The fourth-order valence-electron chi connectivity index (χ4n) is 8.96. The average molecular weight is 870 g/mol. The molecule has 4 N–H and O–H groups in total. The molecule has 10 nitrogen and oxygen atoms in total. The highest BCUT2D eigenvalue weighted by molar-refractivity contribution is 7.90. The number of para-hydroxylation sites is 1. The molecule has 3 amide bonds. The van der Waals surface area contributed by atoms with Crippen LogP contribution < -0.4 is 21.3 Å². The third kappa shape index (κ3) is 12.2. The Hall–Kier alpha value is -5.78. The lowest BCUT2D eigenvalue weighted by Gasteiger charge is -2.26. The highest BCUT2D eigenvalue weighted by Gasteiger charge is 2.30. The molecule has 332 valence electrons. The summed E-state index contributed by atoms with van der Waals surface area (Å²) < 4.78 is 30.4. The van der Waals surface area contributed by atoms with Gasteiger partial charge in [0.15, 0.2) is 0 Å². The number of rotatable bonds is 21. The van der Waals surface area contributed by atoms with Crippen LogP contribution in [0.2, 0.25) is 0 Å². The molecule has 0 aliphatic rings. The van der Waals surface area contributed by atoms with Gasteiger partial charge < -0.3 is 21.3 Å². The quantitative estimate of drug-likeness (QED) is 0.0536. The van der Waals surface area contributed by atoms with Crippen molar-refractivity contribution in [3.63, 3.8) is 0 Å². The first-order valence-corrected chi connectivity index (χ1v) is 23.6. The topological polar surface area (TPSA) is 138 Å². The number of benzene rings is 5. The zero-order chi connectivity index (χ0) is 45.1. The second-order valence-electron chi connectivity index (χ2n) is 17.3. The molecule has 0 fully saturated rings. The first-order valence-electron chi connectivity index (χ1n) is 22.2. The Morgan fingerprint density at radius 3 is 2.13 bits per heavy atom. The van der Waals surface area contributed by atoms with Gasteiger partial charge in [-0.1, -0.05) is 122 Å². The van der Waals surface area contributed by atoms with Crippen LogP contribution in [0.5, 0.6) is 0 Å². The van der Waals surface area contributed by atoms with Gasteiger partial charge in [0.05, 0.1) is 16.8 Å². The zero-order valence-electron chi connectivity index (χ0n) is 37.5. The van der Waals surface area contributed by atoms with E-state index in [0.29, 0.717) is 41.5 Å². The largest absolute Gasteiger partial charge is 0.359 e. The third-order valence-electron chi connectivity index (χ3n) is 11.9. The second kappa shape index (κ2) is 21.5. The Morgan fingerprint density at radius 2 is 1.40 bits per heavy atom. The standard InChI is InChI=1S/C52H63N5O5S/c1-35-26-36(2)50(37(3)27-35)63(61,62)57-34-45(47-21-12-13-22-48(47)57)32-44(29-39(5)55-49(58)31-41-23-24-42-18-10-11-19-43(42)30-41)52(60)56-46(28-38(4)51(59)53-6)20-14-15-25-54-33-40-16-8-7-9-17-40/h7-13,16-19,21-24,26-27,30,34,38-39,44,46,54H,14-15,20,25,28-29,31-33H2,1-6H3,(H,53,59)(H,55,58)(H,56,60)/t38-,39+,44-,46+/m1/s1. The smallest absolute Gasteiger partial charge is 0.268 e. The van der Waals surface area contributed by atoms with E-state index in [4.69, 9.17) is 0 Å². The lowest BCUT2D eigenvalue weighted by molar-refractivity contribution is -0.128. The van der Waals surface area contributed by atoms with E-state index in [1.165, 1.54) is 9.54 Å². The molecule has 0 aliphatic heterocycles. The lowest BCUT2D eigenvalue weighted by atomic mass is 9.90. The molecule has 5 aromatic carbocycles. The van der Waals surface area contributed by atoms with E-state index in [-0.39, 0.29) is 53.5 Å². The second-order valence-corrected chi connectivity index (χ2v) is 19.0. The van der Waals surface area contributed by atoms with Gasteiger partial charge in [0.2, 0.25) is 17.7 Å². The van der Waals surface area contributed by atoms with E-state index < -0.39 is 15.9 Å². The molecule has 11 heteroatoms. The molecule has 4 atom stereocenters. The molecular weight excluding hydrogens is 807 g/mol. The van der Waals surface area contributed by atoms with Crippen molar-refractivity contribution in [2.24, 2.45) is 11.8 Å². The maximum absolute atomic E-state index is 14.7. The SMILES string of the molecule is CNC(=O)[C@H](C)C[C@H](CCCCNCc1ccccc1)NC(=O)[C@@H](Cc1cn(S(=O)(=O)c2c(C)cc(C)cc2C)c2ccccc12)C[C@H](C)NC(=O)Cc1ccc2ccccc2c1. The number of fused-ring (bicyclic) bond motifs is 2. The molecule has 0 unspecified atom stereocenters. The Labute approximate surface area is 373 Å². The van der Waals surface area contributed by atoms with E-state index in [2.05, 4.69) is 33.4 Å². The highest BCUT2D eigenvalue weighted by atomic mass is 32.2. The molecule has 0 bridgehead atoms. The van der Waals surface area contributed by atoms with Crippen LogP contribution in [0.15, 0.2) is 120 Å². The fraction of sp³-hybridized carbons (Fsp3) is 0.365. The number of nitrogens with zero attached hydrogens (tertiary/aromatic N) is 1. The van der Waals surface area contributed by atoms with Gasteiger partial charge in [0, 0.05) is 49.1 Å². The first-order chi connectivity index (χ1) is 30.2. The fourth-order valence-corrected chi connectivity index (χ4v) is 10.8. The Bertz CT molecular complexity index is 2620. The van der Waals surface area contributed by atoms with Crippen molar-refractivity contribution in [3.8, 4) is 0 Å². The summed E-state index contributed by atoms with van der Waals surface area (Å²) in [5.74, 6) is -1.42. The predicted octanol–water partition coefficient (Wildman–Crippen LogP) is 8.47. The van der Waals surface area contributed by atoms with Crippen LogP contribution >= 0.6 is 0 Å². The minimum atomic E-state index is -4.02. The van der Waals surface area contributed by atoms with Crippen molar-refractivity contribution in [2.45, 2.75) is 103 Å². The van der Waals surface area contributed by atoms with E-state index in [1.807, 2.05) is 126 Å². The number of aryl methyl sites for hydroxylation is 3. The van der Waals surface area contributed by atoms with Gasteiger partial charge in [-0.05, 0) is 111 Å². The van der Waals surface area contributed by atoms with Crippen molar-refractivity contribution >= 4 is 49.4 Å². The zero-order valence-corrected chi connectivity index (χ0v) is 38.4. The Kier molecular flexibility index (Phi) is 16.0. The van der Waals surface area contributed by atoms with Gasteiger partial charge in [-0.25, -0.2) is 12.4 Å². The van der Waals surface area contributed by atoms with Crippen molar-refractivity contribution in [3.05, 3.63) is 149 Å². The van der Waals surface area contributed by atoms with Gasteiger partial charge in [0.25, 0.3) is 10.0 Å². The Balaban J connectivity index is 1.25. The van der Waals surface area contributed by atoms with Crippen molar-refractivity contribution < 1.29 is 22.8 Å². The van der Waals surface area contributed by atoms with E-state index >= 15 is 0 Å². The number of carbonyl (C=O) groups excluding carboxylic acids is 3. The number of amides is 3. The summed E-state index contributed by atoms with van der Waals surface area (Å²) in [5, 5.41) is 15.6. The summed E-state index contributed by atoms with van der Waals surface area (Å²) in [6.07, 6.45) is 5.25. The number of carbonyl (C=O) groups is 3. The summed E-state index contributed by atoms with van der Waals surface area (Å²) in [5.41, 5.74) is 5.67. The monoisotopic (exact) mass is 869 g/mol. The van der Waals surface area contributed by atoms with Crippen molar-refractivity contribution in [1.82, 2.24) is 25.2 Å². The third-order valence-corrected chi connectivity index (χ3v) is 13.9. The minimum Gasteiger partial charge on any atom is -0.359 e. The normalized spacial score (nSPS) is 13.6. The van der Waals surface area contributed by atoms with Crippen LogP contribution in [-0.4, -0.2) is 55.8 Å². The molecule has 0 saturated carbocycles. The van der Waals surface area contributed by atoms with Gasteiger partial charge in [0.1, 0.15) is 0 Å². The first kappa shape index (κ1) is 46.7. The molecule has 63 heavy (non-hydrogen) atoms. The molecule has 1 aromatic heterocycles. The summed E-state index contributed by atoms with van der Waals surface area (Å²) in [6.45, 7) is 10.9. The van der Waals surface area contributed by atoms with Crippen molar-refractivity contribution in [1.29, 1.82) is 0 Å². The van der Waals surface area contributed by atoms with Crippen LogP contribution in [0.4, 0.5) is 0 Å².